The van der Waals surface area contributed by atoms with Crippen LogP contribution in [-0.4, -0.2) is 11.5 Å². The van der Waals surface area contributed by atoms with Gasteiger partial charge in [0.25, 0.3) is 0 Å². The van der Waals surface area contributed by atoms with Crippen LogP contribution in [0, 0.1) is 0 Å². The molecule has 0 amide bonds. The summed E-state index contributed by atoms with van der Waals surface area (Å²) in [6.07, 6.45) is 3.58. The molecule has 0 rings (SSSR count). The molecule has 52 valence electrons. The topological polar surface area (TPSA) is 17.1 Å². The first kappa shape index (κ1) is 9.05. The Labute approximate surface area is 64.5 Å². The van der Waals surface area contributed by atoms with Gasteiger partial charge in [-0.2, -0.15) is 0 Å². The van der Waals surface area contributed by atoms with Gasteiger partial charge in [0.15, 0.2) is 6.29 Å². The summed E-state index contributed by atoms with van der Waals surface area (Å²) in [6.45, 7) is 1.98. The third-order valence-electron chi connectivity index (χ3n) is 0.743. The maximum absolute atomic E-state index is 10.1. The van der Waals surface area contributed by atoms with Gasteiger partial charge in [-0.05, 0) is 6.42 Å². The molecule has 0 spiro atoms. The summed E-state index contributed by atoms with van der Waals surface area (Å²) < 4.78 is 0. The van der Waals surface area contributed by atoms with E-state index in [0.717, 1.165) is 17.6 Å². The molecule has 1 nitrogen and oxygen atoms in total. The number of halogens is 1. The van der Waals surface area contributed by atoms with E-state index in [-0.39, 0.29) is 0 Å². The van der Waals surface area contributed by atoms with E-state index in [1.807, 2.05) is 13.0 Å². The molecule has 0 aliphatic heterocycles. The Morgan fingerprint density at radius 3 is 2.78 bits per heavy atom. The van der Waals surface area contributed by atoms with Crippen molar-refractivity contribution >= 4 is 29.6 Å². The van der Waals surface area contributed by atoms with E-state index in [1.165, 1.54) is 11.8 Å². The number of allylic oxidation sites excluding steroid dienone is 2. The van der Waals surface area contributed by atoms with E-state index in [4.69, 9.17) is 11.6 Å². The summed E-state index contributed by atoms with van der Waals surface area (Å²) in [5.41, 5.74) is 0. The number of hydrogen-bond donors (Lipinski definition) is 0. The van der Waals surface area contributed by atoms with E-state index in [0.29, 0.717) is 5.21 Å². The molecule has 3 heteroatoms. The van der Waals surface area contributed by atoms with Crippen LogP contribution in [0.4, 0.5) is 0 Å². The SMILES string of the molecule is CC/C=C(/C=O)SCCl. The number of rotatable bonds is 4. The Morgan fingerprint density at radius 1 is 1.78 bits per heavy atom. The van der Waals surface area contributed by atoms with Crippen LogP contribution in [0.3, 0.4) is 0 Å². The number of carbonyl (C=O) groups is 1. The van der Waals surface area contributed by atoms with Gasteiger partial charge >= 0.3 is 0 Å². The molecular formula is C6H9ClOS. The quantitative estimate of drug-likeness (QED) is 0.361. The fraction of sp³-hybridized carbons (Fsp3) is 0.500. The summed E-state index contributed by atoms with van der Waals surface area (Å²) in [7, 11) is 0. The molecule has 0 unspecified atom stereocenters. The number of hydrogen-bond acceptors (Lipinski definition) is 2. The zero-order valence-electron chi connectivity index (χ0n) is 5.26. The zero-order chi connectivity index (χ0) is 7.11. The van der Waals surface area contributed by atoms with Crippen molar-refractivity contribution in [1.29, 1.82) is 0 Å². The van der Waals surface area contributed by atoms with Crippen molar-refractivity contribution in [2.24, 2.45) is 0 Å². The molecule has 0 heterocycles. The molecule has 0 aliphatic rings. The highest BCUT2D eigenvalue weighted by molar-refractivity contribution is 8.04. The second-order valence-corrected chi connectivity index (χ2v) is 3.02. The molecule has 0 aromatic rings. The summed E-state index contributed by atoms with van der Waals surface area (Å²) >= 11 is 6.73. The maximum Gasteiger partial charge on any atom is 0.156 e. The standard InChI is InChI=1S/C6H9ClOS/c1-2-3-6(4-8)9-5-7/h3-4H,2,5H2,1H3/b6-3-. The molecule has 0 bridgehead atoms. The van der Waals surface area contributed by atoms with Gasteiger partial charge < -0.3 is 0 Å². The zero-order valence-corrected chi connectivity index (χ0v) is 6.84. The van der Waals surface area contributed by atoms with Gasteiger partial charge in [0, 0.05) is 4.91 Å². The summed E-state index contributed by atoms with van der Waals surface area (Å²) in [6, 6.07) is 0. The van der Waals surface area contributed by atoms with Crippen molar-refractivity contribution < 1.29 is 4.79 Å². The Hall–Kier alpha value is 0.0500. The number of thioether (sulfide) groups is 1. The lowest BCUT2D eigenvalue weighted by molar-refractivity contribution is -0.104. The van der Waals surface area contributed by atoms with Crippen LogP contribution in [0.5, 0.6) is 0 Å². The molecule has 0 saturated carbocycles. The third kappa shape index (κ3) is 4.55. The van der Waals surface area contributed by atoms with Gasteiger partial charge in [-0.1, -0.05) is 13.0 Å². The second-order valence-electron chi connectivity index (χ2n) is 1.39. The van der Waals surface area contributed by atoms with Crippen LogP contribution < -0.4 is 0 Å². The molecule has 0 aromatic carbocycles. The highest BCUT2D eigenvalue weighted by Crippen LogP contribution is 2.14. The van der Waals surface area contributed by atoms with Crippen LogP contribution in [0.15, 0.2) is 11.0 Å². The molecule has 9 heavy (non-hydrogen) atoms. The van der Waals surface area contributed by atoms with Crippen molar-refractivity contribution in [3.8, 4) is 0 Å². The number of alkyl halides is 1. The minimum atomic E-state index is 0.449. The van der Waals surface area contributed by atoms with E-state index < -0.39 is 0 Å². The first-order valence-electron chi connectivity index (χ1n) is 2.69. The maximum atomic E-state index is 10.1. The Balaban J connectivity index is 3.66. The number of aldehydes is 1. The Kier molecular flexibility index (Phi) is 6.21. The predicted octanol–water partition coefficient (Wildman–Crippen LogP) is 2.41. The monoisotopic (exact) mass is 164 g/mol. The smallest absolute Gasteiger partial charge is 0.156 e. The highest BCUT2D eigenvalue weighted by Gasteiger charge is 1.90. The fourth-order valence-corrected chi connectivity index (χ4v) is 1.26. The molecule has 0 aromatic heterocycles. The van der Waals surface area contributed by atoms with Crippen LogP contribution in [-0.2, 0) is 4.79 Å². The largest absolute Gasteiger partial charge is 0.297 e. The van der Waals surface area contributed by atoms with Gasteiger partial charge in [0.05, 0.1) is 5.21 Å². The fourth-order valence-electron chi connectivity index (χ4n) is 0.405. The van der Waals surface area contributed by atoms with Crippen molar-refractivity contribution in [3.63, 3.8) is 0 Å². The van der Waals surface area contributed by atoms with Gasteiger partial charge in [0.2, 0.25) is 0 Å². The van der Waals surface area contributed by atoms with Crippen LogP contribution in [0.1, 0.15) is 13.3 Å². The molecule has 0 aliphatic carbocycles. The van der Waals surface area contributed by atoms with Gasteiger partial charge in [-0.3, -0.25) is 4.79 Å². The van der Waals surface area contributed by atoms with E-state index >= 15 is 0 Å². The van der Waals surface area contributed by atoms with E-state index in [2.05, 4.69) is 0 Å². The Morgan fingerprint density at radius 2 is 2.44 bits per heavy atom. The minimum Gasteiger partial charge on any atom is -0.297 e. The van der Waals surface area contributed by atoms with Crippen molar-refractivity contribution in [3.05, 3.63) is 11.0 Å². The molecule has 0 N–H and O–H groups in total. The molecular weight excluding hydrogens is 156 g/mol. The van der Waals surface area contributed by atoms with Gasteiger partial charge in [0.1, 0.15) is 0 Å². The summed E-state index contributed by atoms with van der Waals surface area (Å²) in [5, 5.41) is 0.449. The minimum absolute atomic E-state index is 0.449. The Bertz CT molecular complexity index is 112. The predicted molar refractivity (Wildman–Crippen MR) is 42.7 cm³/mol. The van der Waals surface area contributed by atoms with Gasteiger partial charge in [-0.25, -0.2) is 0 Å². The third-order valence-corrected chi connectivity index (χ3v) is 1.78. The van der Waals surface area contributed by atoms with Gasteiger partial charge in [-0.15, -0.1) is 23.4 Å². The summed E-state index contributed by atoms with van der Waals surface area (Å²) in [4.78, 5) is 10.9. The van der Waals surface area contributed by atoms with Crippen LogP contribution in [0.2, 0.25) is 0 Å². The summed E-state index contributed by atoms with van der Waals surface area (Å²) in [5.74, 6) is 0. The van der Waals surface area contributed by atoms with Crippen molar-refractivity contribution in [2.45, 2.75) is 13.3 Å². The lowest BCUT2D eigenvalue weighted by atomic mass is 10.4. The average molecular weight is 165 g/mol. The van der Waals surface area contributed by atoms with Crippen molar-refractivity contribution in [2.75, 3.05) is 5.21 Å². The molecule has 0 atom stereocenters. The second kappa shape index (κ2) is 6.17. The molecule has 0 saturated heterocycles. The van der Waals surface area contributed by atoms with E-state index in [9.17, 15) is 4.79 Å². The molecule has 0 radical (unpaired) electrons. The molecule has 0 fully saturated rings. The van der Waals surface area contributed by atoms with Crippen LogP contribution >= 0.6 is 23.4 Å². The number of carbonyl (C=O) groups excluding carboxylic acids is 1. The first-order valence-corrected chi connectivity index (χ1v) is 4.21. The van der Waals surface area contributed by atoms with Crippen LogP contribution in [0.25, 0.3) is 0 Å². The first-order chi connectivity index (χ1) is 4.35. The lowest BCUT2D eigenvalue weighted by Crippen LogP contribution is -1.76. The normalized spacial score (nSPS) is 11.6. The van der Waals surface area contributed by atoms with E-state index in [1.54, 1.807) is 0 Å². The van der Waals surface area contributed by atoms with Crippen molar-refractivity contribution in [1.82, 2.24) is 0 Å². The highest BCUT2D eigenvalue weighted by atomic mass is 35.5. The average Bonchev–Trinajstić information content (AvgIpc) is 1.88. The lowest BCUT2D eigenvalue weighted by Gasteiger charge is -1.90.